The molecule has 0 aliphatic heterocycles. The van der Waals surface area contributed by atoms with E-state index >= 15 is 0 Å². The number of aliphatic hydroxyl groups is 1. The summed E-state index contributed by atoms with van der Waals surface area (Å²) in [6.45, 7) is 0.452. The molecule has 0 heterocycles. The summed E-state index contributed by atoms with van der Waals surface area (Å²) < 4.78 is 0. The Morgan fingerprint density at radius 3 is 1.85 bits per heavy atom. The first-order chi connectivity index (χ1) is 6.29. The van der Waals surface area contributed by atoms with E-state index in [0.717, 1.165) is 11.3 Å². The highest BCUT2D eigenvalue weighted by atomic mass is 16.3. The molecule has 4 aliphatic rings. The molecule has 74 valence electrons. The Morgan fingerprint density at radius 1 is 0.923 bits per heavy atom. The third kappa shape index (κ3) is 1.09. The van der Waals surface area contributed by atoms with Crippen LogP contribution in [0.25, 0.3) is 0 Å². The monoisotopic (exact) mass is 180 g/mol. The third-order valence-corrected chi connectivity index (χ3v) is 5.24. The van der Waals surface area contributed by atoms with Gasteiger partial charge in [-0.3, -0.25) is 0 Å². The summed E-state index contributed by atoms with van der Waals surface area (Å²) in [4.78, 5) is 0. The first-order valence-electron chi connectivity index (χ1n) is 5.90. The topological polar surface area (TPSA) is 20.2 Å². The fourth-order valence-corrected chi connectivity index (χ4v) is 3.84. The van der Waals surface area contributed by atoms with Gasteiger partial charge in [0.1, 0.15) is 0 Å². The number of hydrogen-bond donors (Lipinski definition) is 1. The van der Waals surface area contributed by atoms with Crippen LogP contribution in [0, 0.1) is 16.7 Å². The highest BCUT2D eigenvalue weighted by Crippen LogP contribution is 2.64. The van der Waals surface area contributed by atoms with Crippen molar-refractivity contribution in [1.82, 2.24) is 0 Å². The first-order valence-corrected chi connectivity index (χ1v) is 5.90. The maximum atomic E-state index is 9.40. The van der Waals surface area contributed by atoms with E-state index in [1.165, 1.54) is 51.4 Å². The molecule has 0 saturated heterocycles. The molecule has 13 heavy (non-hydrogen) atoms. The van der Waals surface area contributed by atoms with Crippen molar-refractivity contribution < 1.29 is 5.11 Å². The molecule has 1 heteroatoms. The number of hydrogen-bond acceptors (Lipinski definition) is 1. The van der Waals surface area contributed by atoms with Crippen LogP contribution in [0.5, 0.6) is 0 Å². The predicted molar refractivity (Wildman–Crippen MR) is 52.4 cm³/mol. The van der Waals surface area contributed by atoms with Gasteiger partial charge in [-0.2, -0.15) is 0 Å². The minimum Gasteiger partial charge on any atom is -0.396 e. The van der Waals surface area contributed by atoms with E-state index < -0.39 is 0 Å². The molecule has 0 aromatic heterocycles. The van der Waals surface area contributed by atoms with Crippen molar-refractivity contribution >= 4 is 0 Å². The second kappa shape index (κ2) is 2.50. The second-order valence-corrected chi connectivity index (χ2v) is 5.79. The van der Waals surface area contributed by atoms with E-state index in [1.54, 1.807) is 0 Å². The SMILES string of the molecule is OCC12CCC(C3CC3)(CC1)CC2. The largest absolute Gasteiger partial charge is 0.396 e. The summed E-state index contributed by atoms with van der Waals surface area (Å²) in [5.74, 6) is 1.09. The molecule has 0 amide bonds. The molecule has 2 bridgehead atoms. The summed E-state index contributed by atoms with van der Waals surface area (Å²) in [6, 6.07) is 0. The summed E-state index contributed by atoms with van der Waals surface area (Å²) in [7, 11) is 0. The van der Waals surface area contributed by atoms with Crippen LogP contribution in [-0.2, 0) is 0 Å². The number of fused-ring (bicyclic) bond motifs is 3. The lowest BCUT2D eigenvalue weighted by atomic mass is 9.52. The van der Waals surface area contributed by atoms with Gasteiger partial charge in [-0.15, -0.1) is 0 Å². The Kier molecular flexibility index (Phi) is 1.59. The molecule has 4 saturated carbocycles. The molecule has 0 aromatic rings. The maximum Gasteiger partial charge on any atom is 0.0487 e. The van der Waals surface area contributed by atoms with E-state index in [1.807, 2.05) is 0 Å². The molecule has 4 fully saturated rings. The van der Waals surface area contributed by atoms with Crippen molar-refractivity contribution in [3.8, 4) is 0 Å². The van der Waals surface area contributed by atoms with Crippen LogP contribution in [0.3, 0.4) is 0 Å². The molecule has 0 atom stereocenters. The lowest BCUT2D eigenvalue weighted by Crippen LogP contribution is -2.44. The summed E-state index contributed by atoms with van der Waals surface area (Å²) >= 11 is 0. The highest BCUT2D eigenvalue weighted by Gasteiger charge is 2.54. The van der Waals surface area contributed by atoms with Gasteiger partial charge in [0.15, 0.2) is 0 Å². The quantitative estimate of drug-likeness (QED) is 0.692. The lowest BCUT2D eigenvalue weighted by molar-refractivity contribution is -0.0529. The predicted octanol–water partition coefficient (Wildman–Crippen LogP) is 2.73. The van der Waals surface area contributed by atoms with E-state index in [9.17, 15) is 5.11 Å². The normalized spacial score (nSPS) is 49.6. The Labute approximate surface area is 80.5 Å². The number of rotatable bonds is 2. The second-order valence-electron chi connectivity index (χ2n) is 5.79. The minimum atomic E-state index is 0.372. The van der Waals surface area contributed by atoms with Crippen LogP contribution >= 0.6 is 0 Å². The Morgan fingerprint density at radius 2 is 1.46 bits per heavy atom. The zero-order valence-corrected chi connectivity index (χ0v) is 8.39. The van der Waals surface area contributed by atoms with E-state index in [2.05, 4.69) is 0 Å². The average Bonchev–Trinajstić information content (AvgIpc) is 3.04. The standard InChI is InChI=1S/C12H20O/c13-9-11-3-6-12(7-4-11,8-5-11)10-1-2-10/h10,13H,1-9H2. The van der Waals surface area contributed by atoms with Gasteiger partial charge in [-0.25, -0.2) is 0 Å². The van der Waals surface area contributed by atoms with Crippen LogP contribution < -0.4 is 0 Å². The molecule has 1 nitrogen and oxygen atoms in total. The number of aliphatic hydroxyl groups excluding tert-OH is 1. The molecular formula is C12H20O. The van der Waals surface area contributed by atoms with Crippen molar-refractivity contribution in [3.05, 3.63) is 0 Å². The molecule has 4 rings (SSSR count). The van der Waals surface area contributed by atoms with Gasteiger partial charge in [-0.1, -0.05) is 0 Å². The van der Waals surface area contributed by atoms with E-state index in [-0.39, 0.29) is 0 Å². The van der Waals surface area contributed by atoms with Crippen molar-refractivity contribution in [1.29, 1.82) is 0 Å². The van der Waals surface area contributed by atoms with Crippen LogP contribution in [0.2, 0.25) is 0 Å². The van der Waals surface area contributed by atoms with Gasteiger partial charge in [0.05, 0.1) is 0 Å². The maximum absolute atomic E-state index is 9.40. The van der Waals surface area contributed by atoms with Gasteiger partial charge in [-0.05, 0) is 68.1 Å². The molecule has 1 N–H and O–H groups in total. The molecule has 0 aromatic carbocycles. The van der Waals surface area contributed by atoms with Crippen LogP contribution in [-0.4, -0.2) is 11.7 Å². The highest BCUT2D eigenvalue weighted by molar-refractivity contribution is 5.04. The van der Waals surface area contributed by atoms with Gasteiger partial charge in [0.2, 0.25) is 0 Å². The average molecular weight is 180 g/mol. The van der Waals surface area contributed by atoms with Crippen molar-refractivity contribution in [2.45, 2.75) is 51.4 Å². The van der Waals surface area contributed by atoms with Gasteiger partial charge in [0, 0.05) is 6.61 Å². The van der Waals surface area contributed by atoms with Crippen molar-refractivity contribution in [3.63, 3.8) is 0 Å². The smallest absolute Gasteiger partial charge is 0.0487 e. The van der Waals surface area contributed by atoms with Gasteiger partial charge in [0.25, 0.3) is 0 Å². The molecular weight excluding hydrogens is 160 g/mol. The van der Waals surface area contributed by atoms with Crippen LogP contribution in [0.4, 0.5) is 0 Å². The first kappa shape index (κ1) is 8.28. The Bertz CT molecular complexity index is 193. The lowest BCUT2D eigenvalue weighted by Gasteiger charge is -2.53. The van der Waals surface area contributed by atoms with Crippen molar-refractivity contribution in [2.24, 2.45) is 16.7 Å². The zero-order valence-electron chi connectivity index (χ0n) is 8.39. The minimum absolute atomic E-state index is 0.372. The molecule has 4 aliphatic carbocycles. The zero-order chi connectivity index (χ0) is 8.94. The van der Waals surface area contributed by atoms with Crippen molar-refractivity contribution in [2.75, 3.05) is 6.61 Å². The fourth-order valence-electron chi connectivity index (χ4n) is 3.84. The molecule has 0 unspecified atom stereocenters. The summed E-state index contributed by atoms with van der Waals surface area (Å²) in [5, 5.41) is 9.40. The van der Waals surface area contributed by atoms with Crippen LogP contribution in [0.1, 0.15) is 51.4 Å². The Balaban J connectivity index is 1.79. The summed E-state index contributed by atoms with van der Waals surface area (Å²) in [6.07, 6.45) is 11.3. The van der Waals surface area contributed by atoms with Crippen LogP contribution in [0.15, 0.2) is 0 Å². The Hall–Kier alpha value is -0.0400. The van der Waals surface area contributed by atoms with Gasteiger partial charge < -0.3 is 5.11 Å². The fraction of sp³-hybridized carbons (Fsp3) is 1.00. The van der Waals surface area contributed by atoms with E-state index in [4.69, 9.17) is 0 Å². The summed E-state index contributed by atoms with van der Waals surface area (Å²) in [5.41, 5.74) is 1.13. The molecule has 0 radical (unpaired) electrons. The molecule has 0 spiro atoms. The third-order valence-electron chi connectivity index (χ3n) is 5.24. The van der Waals surface area contributed by atoms with Gasteiger partial charge >= 0.3 is 0 Å². The van der Waals surface area contributed by atoms with E-state index in [0.29, 0.717) is 12.0 Å².